The second-order valence-corrected chi connectivity index (χ2v) is 7.08. The molecule has 2 heterocycles. The third-order valence-electron chi connectivity index (χ3n) is 4.56. The zero-order valence-corrected chi connectivity index (χ0v) is 14.8. The van der Waals surface area contributed by atoms with Gasteiger partial charge in [-0.1, -0.05) is 22.9 Å². The van der Waals surface area contributed by atoms with Gasteiger partial charge in [-0.25, -0.2) is 4.79 Å². The molecule has 0 unspecified atom stereocenters. The summed E-state index contributed by atoms with van der Waals surface area (Å²) in [6, 6.07) is 5.21. The average molecular weight is 394 g/mol. The first-order chi connectivity index (χ1) is 11.3. The Morgan fingerprint density at radius 1 is 1.33 bits per heavy atom. The van der Waals surface area contributed by atoms with Gasteiger partial charge in [0, 0.05) is 22.9 Å². The molecule has 24 heavy (non-hydrogen) atoms. The highest BCUT2D eigenvalue weighted by atomic mass is 79.9. The van der Waals surface area contributed by atoms with Gasteiger partial charge >= 0.3 is 11.6 Å². The van der Waals surface area contributed by atoms with Crippen LogP contribution in [0.25, 0.3) is 11.0 Å². The number of likely N-dealkylation sites (tertiary alicyclic amines) is 1. The number of benzene rings is 1. The van der Waals surface area contributed by atoms with Crippen molar-refractivity contribution in [3.8, 4) is 0 Å². The van der Waals surface area contributed by atoms with Gasteiger partial charge < -0.3 is 14.4 Å². The van der Waals surface area contributed by atoms with Crippen molar-refractivity contribution in [1.29, 1.82) is 0 Å². The number of carbonyl (C=O) groups excluding carboxylic acids is 1. The number of fused-ring (bicyclic) bond motifs is 1. The predicted octanol–water partition coefficient (Wildman–Crippen LogP) is 2.66. The van der Waals surface area contributed by atoms with Crippen molar-refractivity contribution in [1.82, 2.24) is 4.90 Å². The van der Waals surface area contributed by atoms with Crippen LogP contribution in [-0.2, 0) is 4.79 Å². The Balaban J connectivity index is 2.05. The van der Waals surface area contributed by atoms with Gasteiger partial charge in [-0.15, -0.1) is 0 Å². The number of aliphatic carboxylic acids is 1. The molecule has 126 valence electrons. The zero-order valence-electron chi connectivity index (χ0n) is 13.2. The Kier molecular flexibility index (Phi) is 4.21. The minimum Gasteiger partial charge on any atom is -0.481 e. The Bertz CT molecular complexity index is 904. The Hall–Kier alpha value is -2.15. The van der Waals surface area contributed by atoms with Crippen molar-refractivity contribution < 1.29 is 19.1 Å². The average Bonchev–Trinajstić information content (AvgIpc) is 2.90. The van der Waals surface area contributed by atoms with E-state index >= 15 is 0 Å². The molecule has 0 saturated carbocycles. The first-order valence-corrected chi connectivity index (χ1v) is 8.34. The Morgan fingerprint density at radius 2 is 2.04 bits per heavy atom. The number of halogens is 1. The maximum absolute atomic E-state index is 12.8. The minimum absolute atomic E-state index is 0.0289. The monoisotopic (exact) mass is 393 g/mol. The quantitative estimate of drug-likeness (QED) is 0.792. The van der Waals surface area contributed by atoms with Crippen LogP contribution < -0.4 is 5.63 Å². The van der Waals surface area contributed by atoms with Crippen LogP contribution in [0, 0.1) is 18.8 Å². The maximum atomic E-state index is 12.8. The van der Waals surface area contributed by atoms with E-state index in [4.69, 9.17) is 4.42 Å². The van der Waals surface area contributed by atoms with E-state index in [1.165, 1.54) is 4.90 Å². The molecule has 2 aromatic rings. The largest absolute Gasteiger partial charge is 0.481 e. The Morgan fingerprint density at radius 3 is 2.67 bits per heavy atom. The summed E-state index contributed by atoms with van der Waals surface area (Å²) < 4.78 is 6.08. The van der Waals surface area contributed by atoms with Crippen molar-refractivity contribution in [2.45, 2.75) is 13.8 Å². The van der Waals surface area contributed by atoms with Crippen LogP contribution in [0.15, 0.2) is 31.9 Å². The summed E-state index contributed by atoms with van der Waals surface area (Å²) in [5, 5.41) is 9.89. The minimum atomic E-state index is -0.927. The molecule has 1 aliphatic heterocycles. The number of hydrogen-bond donors (Lipinski definition) is 1. The van der Waals surface area contributed by atoms with Gasteiger partial charge in [0.25, 0.3) is 5.91 Å². The number of carboxylic acids is 1. The van der Waals surface area contributed by atoms with Gasteiger partial charge in [0.15, 0.2) is 0 Å². The number of aryl methyl sites for hydroxylation is 1. The van der Waals surface area contributed by atoms with Crippen molar-refractivity contribution in [2.75, 3.05) is 13.1 Å². The lowest BCUT2D eigenvalue weighted by Gasteiger charge is -2.17. The van der Waals surface area contributed by atoms with E-state index in [-0.39, 0.29) is 18.0 Å². The molecule has 1 N–H and O–H groups in total. The SMILES string of the molecule is Cc1c(C(=O)N2C[C@@H](C)[C@H](C(=O)O)C2)c(=O)oc2ccc(Br)cc12. The standard InChI is InChI=1S/C17H16BrNO5/c1-8-6-19(7-12(8)16(21)22)15(20)14-9(2)11-5-10(18)3-4-13(11)24-17(14)23/h3-5,8,12H,6-7H2,1-2H3,(H,21,22)/t8-,12-/m1/s1. The smallest absolute Gasteiger partial charge is 0.349 e. The molecule has 1 aromatic heterocycles. The molecule has 1 fully saturated rings. The van der Waals surface area contributed by atoms with Crippen LogP contribution in [0.4, 0.5) is 0 Å². The number of nitrogens with zero attached hydrogens (tertiary/aromatic N) is 1. The molecule has 0 bridgehead atoms. The summed E-state index contributed by atoms with van der Waals surface area (Å²) in [6.45, 7) is 3.90. The molecule has 0 radical (unpaired) electrons. The number of amides is 1. The highest BCUT2D eigenvalue weighted by molar-refractivity contribution is 9.10. The normalized spacial score (nSPS) is 20.5. The maximum Gasteiger partial charge on any atom is 0.349 e. The van der Waals surface area contributed by atoms with Crippen molar-refractivity contribution >= 4 is 38.8 Å². The van der Waals surface area contributed by atoms with Gasteiger partial charge in [-0.05, 0) is 36.6 Å². The second kappa shape index (κ2) is 6.05. The zero-order chi connectivity index (χ0) is 17.6. The van der Waals surface area contributed by atoms with E-state index in [0.29, 0.717) is 23.1 Å². The van der Waals surface area contributed by atoms with Crippen LogP contribution in [0.3, 0.4) is 0 Å². The topological polar surface area (TPSA) is 87.8 Å². The molecule has 1 saturated heterocycles. The fourth-order valence-corrected chi connectivity index (χ4v) is 3.54. The molecule has 2 atom stereocenters. The lowest BCUT2D eigenvalue weighted by atomic mass is 9.99. The third kappa shape index (κ3) is 2.73. The highest BCUT2D eigenvalue weighted by Gasteiger charge is 2.38. The fourth-order valence-electron chi connectivity index (χ4n) is 3.18. The van der Waals surface area contributed by atoms with Gasteiger partial charge in [0.2, 0.25) is 0 Å². The third-order valence-corrected chi connectivity index (χ3v) is 5.05. The van der Waals surface area contributed by atoms with E-state index in [1.54, 1.807) is 32.0 Å². The predicted molar refractivity (Wildman–Crippen MR) is 91.1 cm³/mol. The summed E-state index contributed by atoms with van der Waals surface area (Å²) >= 11 is 3.36. The number of carboxylic acid groups (broad SMARTS) is 1. The van der Waals surface area contributed by atoms with Crippen molar-refractivity contribution in [2.24, 2.45) is 11.8 Å². The number of carbonyl (C=O) groups is 2. The number of rotatable bonds is 2. The molecule has 1 aromatic carbocycles. The van der Waals surface area contributed by atoms with E-state index in [9.17, 15) is 19.5 Å². The van der Waals surface area contributed by atoms with Crippen LogP contribution >= 0.6 is 15.9 Å². The highest BCUT2D eigenvalue weighted by Crippen LogP contribution is 2.27. The second-order valence-electron chi connectivity index (χ2n) is 6.16. The summed E-state index contributed by atoms with van der Waals surface area (Å²) in [4.78, 5) is 37.7. The van der Waals surface area contributed by atoms with E-state index < -0.39 is 23.4 Å². The Labute approximate surface area is 146 Å². The molecule has 1 amide bonds. The molecule has 0 spiro atoms. The first kappa shape index (κ1) is 16.7. The van der Waals surface area contributed by atoms with E-state index in [2.05, 4.69) is 15.9 Å². The van der Waals surface area contributed by atoms with Gasteiger partial charge in [0.05, 0.1) is 5.92 Å². The molecule has 0 aliphatic carbocycles. The lowest BCUT2D eigenvalue weighted by Crippen LogP contribution is -2.34. The molecular formula is C17H16BrNO5. The lowest BCUT2D eigenvalue weighted by molar-refractivity contribution is -0.142. The molecule has 1 aliphatic rings. The molecular weight excluding hydrogens is 378 g/mol. The van der Waals surface area contributed by atoms with Gasteiger partial charge in [-0.3, -0.25) is 9.59 Å². The fraction of sp³-hybridized carbons (Fsp3) is 0.353. The molecule has 6 nitrogen and oxygen atoms in total. The van der Waals surface area contributed by atoms with Crippen molar-refractivity contribution in [3.05, 3.63) is 44.2 Å². The number of hydrogen-bond acceptors (Lipinski definition) is 4. The summed E-state index contributed by atoms with van der Waals surface area (Å²) in [6.07, 6.45) is 0. The van der Waals surface area contributed by atoms with Crippen LogP contribution in [0.2, 0.25) is 0 Å². The van der Waals surface area contributed by atoms with Crippen molar-refractivity contribution in [3.63, 3.8) is 0 Å². The van der Waals surface area contributed by atoms with Crippen LogP contribution in [0.5, 0.6) is 0 Å². The first-order valence-electron chi connectivity index (χ1n) is 7.54. The molecule has 3 rings (SSSR count). The summed E-state index contributed by atoms with van der Waals surface area (Å²) in [5.41, 5.74) is 0.229. The molecule has 7 heteroatoms. The van der Waals surface area contributed by atoms with Crippen LogP contribution in [0.1, 0.15) is 22.8 Å². The van der Waals surface area contributed by atoms with E-state index in [1.807, 2.05) is 0 Å². The van der Waals surface area contributed by atoms with E-state index in [0.717, 1.165) is 4.47 Å². The van der Waals surface area contributed by atoms with Gasteiger partial charge in [-0.2, -0.15) is 0 Å². The summed E-state index contributed by atoms with van der Waals surface area (Å²) in [5.74, 6) is -2.17. The summed E-state index contributed by atoms with van der Waals surface area (Å²) in [7, 11) is 0. The van der Waals surface area contributed by atoms with Crippen LogP contribution in [-0.4, -0.2) is 35.0 Å². The van der Waals surface area contributed by atoms with Gasteiger partial charge in [0.1, 0.15) is 11.1 Å².